The van der Waals surface area contributed by atoms with Crippen molar-refractivity contribution in [2.24, 2.45) is 11.8 Å². The van der Waals surface area contributed by atoms with Crippen LogP contribution in [0.15, 0.2) is 0 Å². The first-order valence-corrected chi connectivity index (χ1v) is 5.37. The predicted octanol–water partition coefficient (Wildman–Crippen LogP) is 2.81. The Balaban J connectivity index is 2.20. The minimum atomic E-state index is 0.667. The summed E-state index contributed by atoms with van der Waals surface area (Å²) in [5.41, 5.74) is 0. The van der Waals surface area contributed by atoms with Crippen molar-refractivity contribution in [3.05, 3.63) is 0 Å². The predicted molar refractivity (Wildman–Crippen MR) is 54.2 cm³/mol. The molecule has 1 saturated carbocycles. The van der Waals surface area contributed by atoms with Gasteiger partial charge >= 0.3 is 0 Å². The Morgan fingerprint density at radius 1 is 1.08 bits per heavy atom. The lowest BCUT2D eigenvalue weighted by Crippen LogP contribution is -2.43. The topological polar surface area (TPSA) is 12.0 Å². The van der Waals surface area contributed by atoms with Crippen molar-refractivity contribution in [3.63, 3.8) is 0 Å². The molecule has 0 aliphatic heterocycles. The molecule has 1 nitrogen and oxygen atoms in total. The second kappa shape index (κ2) is 4.27. The van der Waals surface area contributed by atoms with E-state index in [0.29, 0.717) is 6.04 Å². The Morgan fingerprint density at radius 3 is 2.00 bits per heavy atom. The van der Waals surface area contributed by atoms with Crippen LogP contribution < -0.4 is 5.32 Å². The van der Waals surface area contributed by atoms with Crippen molar-refractivity contribution in [1.29, 1.82) is 0 Å². The van der Waals surface area contributed by atoms with Gasteiger partial charge in [-0.25, -0.2) is 0 Å². The van der Waals surface area contributed by atoms with E-state index in [1.54, 1.807) is 0 Å². The fourth-order valence-electron chi connectivity index (χ4n) is 1.68. The molecule has 72 valence electrons. The summed E-state index contributed by atoms with van der Waals surface area (Å²) < 4.78 is 0. The van der Waals surface area contributed by atoms with Gasteiger partial charge in [0, 0.05) is 12.1 Å². The summed E-state index contributed by atoms with van der Waals surface area (Å²) in [6, 6.07) is 1.40. The Bertz CT molecular complexity index is 127. The third kappa shape index (κ3) is 2.48. The van der Waals surface area contributed by atoms with E-state index < -0.39 is 0 Å². The summed E-state index contributed by atoms with van der Waals surface area (Å²) in [6.45, 7) is 9.19. The smallest absolute Gasteiger partial charge is 0.00695 e. The van der Waals surface area contributed by atoms with Gasteiger partial charge in [0.15, 0.2) is 0 Å². The van der Waals surface area contributed by atoms with Gasteiger partial charge in [-0.1, -0.05) is 20.3 Å². The molecule has 1 heteroatoms. The molecule has 1 fully saturated rings. The molecular weight excluding hydrogens is 146 g/mol. The van der Waals surface area contributed by atoms with Crippen LogP contribution in [0.25, 0.3) is 0 Å². The lowest BCUT2D eigenvalue weighted by atomic mass is 9.80. The quantitative estimate of drug-likeness (QED) is 0.682. The molecule has 0 amide bonds. The molecular formula is C11H23N. The van der Waals surface area contributed by atoms with Crippen LogP contribution in [0.3, 0.4) is 0 Å². The van der Waals surface area contributed by atoms with Crippen LogP contribution >= 0.6 is 0 Å². The van der Waals surface area contributed by atoms with E-state index in [0.717, 1.165) is 17.9 Å². The summed E-state index contributed by atoms with van der Waals surface area (Å²) >= 11 is 0. The van der Waals surface area contributed by atoms with E-state index in [1.807, 2.05) is 0 Å². The van der Waals surface area contributed by atoms with Crippen LogP contribution in [0.2, 0.25) is 0 Å². The molecule has 1 aliphatic carbocycles. The highest BCUT2D eigenvalue weighted by Gasteiger charge is 2.24. The molecule has 1 N–H and O–H groups in total. The highest BCUT2D eigenvalue weighted by Crippen LogP contribution is 2.29. The van der Waals surface area contributed by atoms with Gasteiger partial charge in [0.1, 0.15) is 0 Å². The Kier molecular flexibility index (Phi) is 3.57. The van der Waals surface area contributed by atoms with E-state index in [2.05, 4.69) is 33.0 Å². The Labute approximate surface area is 76.9 Å². The highest BCUT2D eigenvalue weighted by atomic mass is 14.9. The molecule has 0 heterocycles. The Morgan fingerprint density at radius 2 is 1.67 bits per heavy atom. The van der Waals surface area contributed by atoms with Crippen LogP contribution in [0.5, 0.6) is 0 Å². The van der Waals surface area contributed by atoms with Gasteiger partial charge in [0.05, 0.1) is 0 Å². The number of hydrogen-bond acceptors (Lipinski definition) is 1. The minimum Gasteiger partial charge on any atom is -0.311 e. The molecule has 0 aromatic carbocycles. The Hall–Kier alpha value is -0.0400. The number of rotatable bonds is 4. The number of nitrogens with one attached hydrogen (secondary N) is 1. The molecule has 1 aliphatic rings. The second-order valence-corrected chi connectivity index (χ2v) is 4.68. The molecule has 0 aromatic rings. The van der Waals surface area contributed by atoms with Crippen LogP contribution in [0, 0.1) is 11.8 Å². The van der Waals surface area contributed by atoms with E-state index >= 15 is 0 Å². The van der Waals surface area contributed by atoms with Crippen molar-refractivity contribution >= 4 is 0 Å². The summed E-state index contributed by atoms with van der Waals surface area (Å²) in [4.78, 5) is 0. The second-order valence-electron chi connectivity index (χ2n) is 4.68. The summed E-state index contributed by atoms with van der Waals surface area (Å²) in [7, 11) is 0. The van der Waals surface area contributed by atoms with Crippen LogP contribution in [0.1, 0.15) is 47.0 Å². The lowest BCUT2D eigenvalue weighted by Gasteiger charge is -2.34. The molecule has 12 heavy (non-hydrogen) atoms. The van der Waals surface area contributed by atoms with Gasteiger partial charge in [0.25, 0.3) is 0 Å². The normalized spacial score (nSPS) is 23.8. The lowest BCUT2D eigenvalue weighted by molar-refractivity contribution is 0.217. The van der Waals surface area contributed by atoms with E-state index in [4.69, 9.17) is 0 Å². The third-order valence-electron chi connectivity index (χ3n) is 3.38. The SMILES string of the molecule is CC(C)C(C)NC(C)C1CCC1. The van der Waals surface area contributed by atoms with Crippen molar-refractivity contribution in [2.75, 3.05) is 0 Å². The van der Waals surface area contributed by atoms with Crippen molar-refractivity contribution < 1.29 is 0 Å². The summed E-state index contributed by atoms with van der Waals surface area (Å²) in [5, 5.41) is 3.68. The monoisotopic (exact) mass is 169 g/mol. The fourth-order valence-corrected chi connectivity index (χ4v) is 1.68. The summed E-state index contributed by atoms with van der Waals surface area (Å²) in [5.74, 6) is 1.72. The van der Waals surface area contributed by atoms with Crippen LogP contribution in [0.4, 0.5) is 0 Å². The van der Waals surface area contributed by atoms with Crippen molar-refractivity contribution in [2.45, 2.75) is 59.0 Å². The molecule has 0 spiro atoms. The van der Waals surface area contributed by atoms with Gasteiger partial charge in [-0.05, 0) is 38.5 Å². The largest absolute Gasteiger partial charge is 0.311 e. The maximum atomic E-state index is 3.68. The molecule has 0 saturated heterocycles. The average Bonchev–Trinajstić information content (AvgIpc) is 1.82. The van der Waals surface area contributed by atoms with Gasteiger partial charge < -0.3 is 5.32 Å². The molecule has 0 radical (unpaired) electrons. The van der Waals surface area contributed by atoms with Gasteiger partial charge in [-0.3, -0.25) is 0 Å². The molecule has 1 rings (SSSR count). The van der Waals surface area contributed by atoms with Crippen molar-refractivity contribution in [3.8, 4) is 0 Å². The standard InChI is InChI=1S/C11H23N/c1-8(2)9(3)12-10(4)11-6-5-7-11/h8-12H,5-7H2,1-4H3. The zero-order valence-electron chi connectivity index (χ0n) is 8.93. The van der Waals surface area contributed by atoms with Gasteiger partial charge in [-0.15, -0.1) is 0 Å². The first kappa shape index (κ1) is 10.0. The van der Waals surface area contributed by atoms with E-state index in [9.17, 15) is 0 Å². The molecule has 0 aromatic heterocycles. The average molecular weight is 169 g/mol. The maximum Gasteiger partial charge on any atom is 0.00695 e. The first-order valence-electron chi connectivity index (χ1n) is 5.37. The highest BCUT2D eigenvalue weighted by molar-refractivity contribution is 4.81. The van der Waals surface area contributed by atoms with E-state index in [-0.39, 0.29) is 0 Å². The van der Waals surface area contributed by atoms with E-state index in [1.165, 1.54) is 19.3 Å². The van der Waals surface area contributed by atoms with Crippen LogP contribution in [-0.4, -0.2) is 12.1 Å². The molecule has 2 atom stereocenters. The minimum absolute atomic E-state index is 0.667. The zero-order chi connectivity index (χ0) is 9.14. The van der Waals surface area contributed by atoms with Crippen molar-refractivity contribution in [1.82, 2.24) is 5.32 Å². The first-order chi connectivity index (χ1) is 5.61. The van der Waals surface area contributed by atoms with Crippen LogP contribution in [-0.2, 0) is 0 Å². The zero-order valence-corrected chi connectivity index (χ0v) is 8.93. The molecule has 2 unspecified atom stereocenters. The third-order valence-corrected chi connectivity index (χ3v) is 3.38. The maximum absolute atomic E-state index is 3.68. The number of hydrogen-bond donors (Lipinski definition) is 1. The fraction of sp³-hybridized carbons (Fsp3) is 1.00. The van der Waals surface area contributed by atoms with Gasteiger partial charge in [0.2, 0.25) is 0 Å². The summed E-state index contributed by atoms with van der Waals surface area (Å²) in [6.07, 6.45) is 4.34. The van der Waals surface area contributed by atoms with Gasteiger partial charge in [-0.2, -0.15) is 0 Å². The molecule has 0 bridgehead atoms.